The molecule has 0 aliphatic carbocycles. The van der Waals surface area contributed by atoms with Crippen LogP contribution in [0, 0.1) is 0 Å². The van der Waals surface area contributed by atoms with Crippen molar-refractivity contribution in [3.63, 3.8) is 0 Å². The van der Waals surface area contributed by atoms with Gasteiger partial charge in [0, 0.05) is 6.54 Å². The normalized spacial score (nSPS) is 9.33. The van der Waals surface area contributed by atoms with Crippen molar-refractivity contribution in [2.24, 2.45) is 0 Å². The molecular formula is C5H12Cl3N. The van der Waals surface area contributed by atoms with Crippen LogP contribution in [0.5, 0.6) is 0 Å². The van der Waals surface area contributed by atoms with Crippen LogP contribution in [0.1, 0.15) is 13.3 Å². The second-order valence-electron chi connectivity index (χ2n) is 1.63. The number of halogens is 3. The van der Waals surface area contributed by atoms with Crippen molar-refractivity contribution in [2.75, 3.05) is 18.6 Å². The second kappa shape index (κ2) is 8.83. The maximum absolute atomic E-state index is 5.49. The maximum atomic E-state index is 5.49. The Kier molecular flexibility index (Phi) is 12.3. The van der Waals surface area contributed by atoms with Gasteiger partial charge in [-0.2, -0.15) is 0 Å². The van der Waals surface area contributed by atoms with Crippen LogP contribution in [0.4, 0.5) is 0 Å². The summed E-state index contributed by atoms with van der Waals surface area (Å²) >= 11 is 11.0. The molecule has 0 N–H and O–H groups in total. The van der Waals surface area contributed by atoms with Crippen LogP contribution in [-0.2, 0) is 0 Å². The van der Waals surface area contributed by atoms with E-state index in [4.69, 9.17) is 23.2 Å². The summed E-state index contributed by atoms with van der Waals surface area (Å²) in [6.45, 7) is 3.10. The Balaban J connectivity index is 0. The van der Waals surface area contributed by atoms with Crippen molar-refractivity contribution in [1.82, 2.24) is 4.90 Å². The molecule has 1 nitrogen and oxygen atoms in total. The second-order valence-corrected chi connectivity index (χ2v) is 2.11. The molecule has 0 aromatic carbocycles. The first kappa shape index (κ1) is 12.5. The van der Waals surface area contributed by atoms with E-state index in [9.17, 15) is 0 Å². The van der Waals surface area contributed by atoms with Crippen LogP contribution >= 0.6 is 35.6 Å². The SMILES string of the molecule is CCCN(CCl)CCl.Cl. The highest BCUT2D eigenvalue weighted by molar-refractivity contribution is 6.19. The van der Waals surface area contributed by atoms with Crippen LogP contribution in [0.3, 0.4) is 0 Å². The topological polar surface area (TPSA) is 3.24 Å². The van der Waals surface area contributed by atoms with Gasteiger partial charge >= 0.3 is 0 Å². The molecule has 0 spiro atoms. The minimum Gasteiger partial charge on any atom is -0.276 e. The molecular weight excluding hydrogens is 180 g/mol. The van der Waals surface area contributed by atoms with Gasteiger partial charge in [0.1, 0.15) is 0 Å². The summed E-state index contributed by atoms with van der Waals surface area (Å²) in [7, 11) is 0. The highest BCUT2D eigenvalue weighted by Crippen LogP contribution is 1.94. The van der Waals surface area contributed by atoms with Gasteiger partial charge in [-0.1, -0.05) is 6.92 Å². The molecule has 0 rings (SSSR count). The van der Waals surface area contributed by atoms with Gasteiger partial charge < -0.3 is 0 Å². The average Bonchev–Trinajstić information content (AvgIpc) is 1.83. The van der Waals surface area contributed by atoms with Crippen LogP contribution in [0.25, 0.3) is 0 Å². The van der Waals surface area contributed by atoms with Crippen LogP contribution in [0.2, 0.25) is 0 Å². The van der Waals surface area contributed by atoms with Gasteiger partial charge in [0.2, 0.25) is 0 Å². The monoisotopic (exact) mass is 191 g/mol. The van der Waals surface area contributed by atoms with Crippen molar-refractivity contribution in [3.8, 4) is 0 Å². The van der Waals surface area contributed by atoms with Gasteiger partial charge in [0.15, 0.2) is 0 Å². The molecule has 0 aromatic heterocycles. The molecule has 0 saturated carbocycles. The van der Waals surface area contributed by atoms with E-state index in [-0.39, 0.29) is 12.4 Å². The van der Waals surface area contributed by atoms with Crippen LogP contribution in [0.15, 0.2) is 0 Å². The molecule has 0 saturated heterocycles. The summed E-state index contributed by atoms with van der Waals surface area (Å²) in [5.41, 5.74) is 0. The Labute approximate surface area is 72.7 Å². The summed E-state index contributed by atoms with van der Waals surface area (Å²) in [5, 5.41) is 0. The largest absolute Gasteiger partial charge is 0.276 e. The average molecular weight is 193 g/mol. The van der Waals surface area contributed by atoms with Gasteiger partial charge in [0.25, 0.3) is 0 Å². The summed E-state index contributed by atoms with van der Waals surface area (Å²) in [6, 6.07) is 1.08. The third-order valence-corrected chi connectivity index (χ3v) is 1.55. The molecule has 0 radical (unpaired) electrons. The lowest BCUT2D eigenvalue weighted by molar-refractivity contribution is 0.370. The van der Waals surface area contributed by atoms with E-state index < -0.39 is 0 Å². The molecule has 0 unspecified atom stereocenters. The van der Waals surface area contributed by atoms with E-state index in [0.29, 0.717) is 12.0 Å². The predicted octanol–water partition coefficient (Wildman–Crippen LogP) is 2.51. The number of hydrogen-bond donors (Lipinski definition) is 0. The minimum atomic E-state index is 0. The third-order valence-electron chi connectivity index (χ3n) is 0.878. The Hall–Kier alpha value is 0.830. The first-order valence-corrected chi connectivity index (χ1v) is 3.76. The molecule has 58 valence electrons. The molecule has 0 aliphatic rings. The van der Waals surface area contributed by atoms with Crippen molar-refractivity contribution < 1.29 is 0 Å². The van der Waals surface area contributed by atoms with Crippen molar-refractivity contribution in [1.29, 1.82) is 0 Å². The van der Waals surface area contributed by atoms with Crippen LogP contribution < -0.4 is 0 Å². The van der Waals surface area contributed by atoms with E-state index >= 15 is 0 Å². The molecule has 9 heavy (non-hydrogen) atoms. The maximum Gasteiger partial charge on any atom is 0.0747 e. The molecule has 0 amide bonds. The summed E-state index contributed by atoms with van der Waals surface area (Å²) in [4.78, 5) is 1.96. The molecule has 0 fully saturated rings. The molecule has 0 aromatic rings. The Morgan fingerprint density at radius 2 is 1.67 bits per heavy atom. The molecule has 0 aliphatic heterocycles. The lowest BCUT2D eigenvalue weighted by Crippen LogP contribution is -2.20. The minimum absolute atomic E-state index is 0. The lowest BCUT2D eigenvalue weighted by Gasteiger charge is -2.12. The van der Waals surface area contributed by atoms with Gasteiger partial charge in [-0.15, -0.1) is 35.6 Å². The quantitative estimate of drug-likeness (QED) is 0.489. The number of alkyl halides is 2. The smallest absolute Gasteiger partial charge is 0.0747 e. The first-order valence-electron chi connectivity index (χ1n) is 2.69. The van der Waals surface area contributed by atoms with Crippen molar-refractivity contribution >= 4 is 35.6 Å². The van der Waals surface area contributed by atoms with Gasteiger partial charge in [-0.05, 0) is 6.42 Å². The van der Waals surface area contributed by atoms with Crippen molar-refractivity contribution in [2.45, 2.75) is 13.3 Å². The number of nitrogens with zero attached hydrogens (tertiary/aromatic N) is 1. The fraction of sp³-hybridized carbons (Fsp3) is 1.00. The standard InChI is InChI=1S/C5H11Cl2N.ClH/c1-2-3-8(4-6)5-7;/h2-5H2,1H3;1H. The Morgan fingerprint density at radius 3 is 1.78 bits per heavy atom. The van der Waals surface area contributed by atoms with Gasteiger partial charge in [-0.3, -0.25) is 4.90 Å². The van der Waals surface area contributed by atoms with E-state index in [1.165, 1.54) is 0 Å². The predicted molar refractivity (Wildman–Crippen MR) is 45.7 cm³/mol. The molecule has 0 heterocycles. The van der Waals surface area contributed by atoms with Gasteiger partial charge in [-0.25, -0.2) is 0 Å². The third kappa shape index (κ3) is 6.72. The number of rotatable bonds is 4. The van der Waals surface area contributed by atoms with E-state index in [0.717, 1.165) is 13.0 Å². The Morgan fingerprint density at radius 1 is 1.22 bits per heavy atom. The zero-order valence-corrected chi connectivity index (χ0v) is 7.77. The van der Waals surface area contributed by atoms with Gasteiger partial charge in [0.05, 0.1) is 12.0 Å². The van der Waals surface area contributed by atoms with Crippen LogP contribution in [-0.4, -0.2) is 23.5 Å². The first-order chi connectivity index (χ1) is 3.85. The highest BCUT2D eigenvalue weighted by atomic mass is 35.5. The Bertz CT molecular complexity index is 47.5. The zero-order chi connectivity index (χ0) is 6.41. The highest BCUT2D eigenvalue weighted by Gasteiger charge is 1.95. The molecule has 4 heteroatoms. The summed E-state index contributed by atoms with van der Waals surface area (Å²) < 4.78 is 0. The summed E-state index contributed by atoms with van der Waals surface area (Å²) in [6.07, 6.45) is 1.11. The van der Waals surface area contributed by atoms with E-state index in [2.05, 4.69) is 6.92 Å². The molecule has 0 bridgehead atoms. The lowest BCUT2D eigenvalue weighted by atomic mass is 10.5. The van der Waals surface area contributed by atoms with E-state index in [1.807, 2.05) is 4.90 Å². The summed E-state index contributed by atoms with van der Waals surface area (Å²) in [5.74, 6) is 0. The fourth-order valence-corrected chi connectivity index (χ4v) is 0.962. The fourth-order valence-electron chi connectivity index (χ4n) is 0.468. The molecule has 0 atom stereocenters. The van der Waals surface area contributed by atoms with E-state index in [1.54, 1.807) is 0 Å². The van der Waals surface area contributed by atoms with Crippen molar-refractivity contribution in [3.05, 3.63) is 0 Å². The zero-order valence-electron chi connectivity index (χ0n) is 5.44. The number of hydrogen-bond acceptors (Lipinski definition) is 1.